The molecule has 1 heterocycles. The number of rotatable bonds is 4. The molecule has 2 atom stereocenters. The number of anilines is 1. The average molecular weight is 304 g/mol. The van der Waals surface area contributed by atoms with Crippen LogP contribution in [-0.2, 0) is 10.9 Å². The minimum absolute atomic E-state index is 0.0534. The van der Waals surface area contributed by atoms with Gasteiger partial charge >= 0.3 is 6.18 Å². The maximum atomic E-state index is 12.8. The molecule has 116 valence electrons. The van der Waals surface area contributed by atoms with Crippen LogP contribution in [0, 0.1) is 16.0 Å². The Morgan fingerprint density at radius 2 is 2.19 bits per heavy atom. The van der Waals surface area contributed by atoms with Crippen molar-refractivity contribution in [3.05, 3.63) is 33.9 Å². The van der Waals surface area contributed by atoms with Crippen molar-refractivity contribution in [1.29, 1.82) is 0 Å². The third-order valence-electron chi connectivity index (χ3n) is 3.60. The first-order valence-electron chi connectivity index (χ1n) is 6.50. The van der Waals surface area contributed by atoms with Crippen LogP contribution in [0.2, 0.25) is 0 Å². The number of ether oxygens (including phenoxy) is 1. The Kier molecular flexibility index (Phi) is 4.36. The van der Waals surface area contributed by atoms with Gasteiger partial charge in [-0.3, -0.25) is 10.1 Å². The molecule has 1 aromatic carbocycles. The molecule has 2 rings (SSSR count). The Bertz CT molecular complexity index is 534. The predicted octanol–water partition coefficient (Wildman–Crippen LogP) is 3.45. The smallest absolute Gasteiger partial charge is 0.385 e. The fraction of sp³-hybridized carbons (Fsp3) is 0.538. The highest BCUT2D eigenvalue weighted by Gasteiger charge is 2.38. The van der Waals surface area contributed by atoms with Crippen LogP contribution in [0.4, 0.5) is 24.5 Å². The summed E-state index contributed by atoms with van der Waals surface area (Å²) < 4.78 is 43.9. The fourth-order valence-electron chi connectivity index (χ4n) is 2.33. The summed E-state index contributed by atoms with van der Waals surface area (Å²) in [5.74, 6) is 0.217. The minimum atomic E-state index is -4.76. The van der Waals surface area contributed by atoms with E-state index in [1.807, 2.05) is 6.92 Å². The van der Waals surface area contributed by atoms with Crippen LogP contribution in [0.15, 0.2) is 18.2 Å². The Morgan fingerprint density at radius 3 is 2.71 bits per heavy atom. The lowest BCUT2D eigenvalue weighted by Crippen LogP contribution is -2.21. The lowest BCUT2D eigenvalue weighted by atomic mass is 10.0. The van der Waals surface area contributed by atoms with Gasteiger partial charge in [-0.05, 0) is 25.5 Å². The second kappa shape index (κ2) is 5.88. The molecule has 0 aliphatic carbocycles. The van der Waals surface area contributed by atoms with Crippen LogP contribution in [-0.4, -0.2) is 24.2 Å². The summed E-state index contributed by atoms with van der Waals surface area (Å²) in [5, 5.41) is 13.6. The zero-order valence-corrected chi connectivity index (χ0v) is 11.3. The highest BCUT2D eigenvalue weighted by molar-refractivity contribution is 5.55. The lowest BCUT2D eigenvalue weighted by Gasteiger charge is -2.16. The number of halogens is 3. The molecule has 1 N–H and O–H groups in total. The zero-order chi connectivity index (χ0) is 15.6. The second-order valence-electron chi connectivity index (χ2n) is 4.99. The van der Waals surface area contributed by atoms with E-state index >= 15 is 0 Å². The normalized spacial score (nSPS) is 22.3. The van der Waals surface area contributed by atoms with Gasteiger partial charge in [-0.2, -0.15) is 13.2 Å². The average Bonchev–Trinajstić information content (AvgIpc) is 2.80. The van der Waals surface area contributed by atoms with Crippen molar-refractivity contribution in [1.82, 2.24) is 0 Å². The molecule has 5 nitrogen and oxygen atoms in total. The molecule has 0 radical (unpaired) electrons. The summed E-state index contributed by atoms with van der Waals surface area (Å²) in [6.45, 7) is 3.02. The van der Waals surface area contributed by atoms with Crippen molar-refractivity contribution in [2.24, 2.45) is 5.92 Å². The SMILES string of the molecule is CC1OCCC1CNc1ccc([N+](=O)[O-])c(C(F)(F)F)c1. The van der Waals surface area contributed by atoms with Crippen molar-refractivity contribution in [2.75, 3.05) is 18.5 Å². The molecule has 1 aliphatic rings. The first-order valence-corrected chi connectivity index (χ1v) is 6.50. The maximum Gasteiger partial charge on any atom is 0.423 e. The number of hydrogen-bond acceptors (Lipinski definition) is 4. The quantitative estimate of drug-likeness (QED) is 0.683. The van der Waals surface area contributed by atoms with E-state index in [2.05, 4.69) is 5.32 Å². The molecule has 0 amide bonds. The largest absolute Gasteiger partial charge is 0.423 e. The molecule has 0 aromatic heterocycles. The van der Waals surface area contributed by atoms with Crippen molar-refractivity contribution in [2.45, 2.75) is 25.6 Å². The number of nitrogens with zero attached hydrogens (tertiary/aromatic N) is 1. The maximum absolute atomic E-state index is 12.8. The monoisotopic (exact) mass is 304 g/mol. The van der Waals surface area contributed by atoms with E-state index in [0.29, 0.717) is 13.2 Å². The van der Waals surface area contributed by atoms with Crippen molar-refractivity contribution < 1.29 is 22.8 Å². The van der Waals surface area contributed by atoms with Gasteiger partial charge in [0.25, 0.3) is 5.69 Å². The lowest BCUT2D eigenvalue weighted by molar-refractivity contribution is -0.388. The van der Waals surface area contributed by atoms with Gasteiger partial charge in [0.2, 0.25) is 0 Å². The van der Waals surface area contributed by atoms with Crippen LogP contribution in [0.25, 0.3) is 0 Å². The molecule has 0 spiro atoms. The first-order chi connectivity index (χ1) is 9.79. The van der Waals surface area contributed by atoms with Crippen LogP contribution in [0.3, 0.4) is 0 Å². The summed E-state index contributed by atoms with van der Waals surface area (Å²) in [7, 11) is 0. The Morgan fingerprint density at radius 1 is 1.48 bits per heavy atom. The summed E-state index contributed by atoms with van der Waals surface area (Å²) in [6.07, 6.45) is -3.87. The zero-order valence-electron chi connectivity index (χ0n) is 11.3. The van der Waals surface area contributed by atoms with E-state index in [1.54, 1.807) is 0 Å². The Labute approximate surface area is 119 Å². The molecule has 1 aromatic rings. The molecule has 0 saturated carbocycles. The van der Waals surface area contributed by atoms with Crippen molar-refractivity contribution in [3.8, 4) is 0 Å². The standard InChI is InChI=1S/C13H15F3N2O3/c1-8-9(4-5-21-8)7-17-10-2-3-12(18(19)20)11(6-10)13(14,15)16/h2-3,6,8-9,17H,4-5,7H2,1H3. The Balaban J connectivity index is 2.16. The summed E-state index contributed by atoms with van der Waals surface area (Å²) in [6, 6.07) is 2.94. The number of nitrogens with one attached hydrogen (secondary N) is 1. The van der Waals surface area contributed by atoms with Crippen LogP contribution in [0.5, 0.6) is 0 Å². The predicted molar refractivity (Wildman–Crippen MR) is 70.1 cm³/mol. The number of nitro benzene ring substituents is 1. The highest BCUT2D eigenvalue weighted by atomic mass is 19.4. The molecular weight excluding hydrogens is 289 g/mol. The molecule has 8 heteroatoms. The molecule has 0 bridgehead atoms. The molecule has 21 heavy (non-hydrogen) atoms. The van der Waals surface area contributed by atoms with Crippen molar-refractivity contribution in [3.63, 3.8) is 0 Å². The summed E-state index contributed by atoms with van der Waals surface area (Å²) in [4.78, 5) is 9.63. The topological polar surface area (TPSA) is 64.4 Å². The van der Waals surface area contributed by atoms with Gasteiger partial charge in [0.15, 0.2) is 0 Å². The molecule has 1 aliphatic heterocycles. The minimum Gasteiger partial charge on any atom is -0.385 e. The van der Waals surface area contributed by atoms with E-state index < -0.39 is 22.4 Å². The number of nitro groups is 1. The summed E-state index contributed by atoms with van der Waals surface area (Å²) in [5.41, 5.74) is -1.97. The molecule has 1 saturated heterocycles. The molecular formula is C13H15F3N2O3. The van der Waals surface area contributed by atoms with E-state index in [1.165, 1.54) is 6.07 Å². The number of benzene rings is 1. The van der Waals surface area contributed by atoms with E-state index in [-0.39, 0.29) is 17.7 Å². The van der Waals surface area contributed by atoms with Crippen molar-refractivity contribution >= 4 is 11.4 Å². The van der Waals surface area contributed by atoms with Gasteiger partial charge in [0, 0.05) is 30.8 Å². The molecule has 1 fully saturated rings. The van der Waals surface area contributed by atoms with Crippen LogP contribution >= 0.6 is 0 Å². The van der Waals surface area contributed by atoms with E-state index in [4.69, 9.17) is 4.74 Å². The van der Waals surface area contributed by atoms with Gasteiger partial charge in [-0.1, -0.05) is 0 Å². The fourth-order valence-corrected chi connectivity index (χ4v) is 2.33. The van der Waals surface area contributed by atoms with Crippen LogP contribution < -0.4 is 5.32 Å². The third kappa shape index (κ3) is 3.63. The van der Waals surface area contributed by atoms with Gasteiger partial charge in [0.05, 0.1) is 11.0 Å². The van der Waals surface area contributed by atoms with Gasteiger partial charge in [-0.25, -0.2) is 0 Å². The first kappa shape index (κ1) is 15.6. The van der Waals surface area contributed by atoms with E-state index in [0.717, 1.165) is 18.6 Å². The van der Waals surface area contributed by atoms with E-state index in [9.17, 15) is 23.3 Å². The Hall–Kier alpha value is -1.83. The molecule has 2 unspecified atom stereocenters. The van der Waals surface area contributed by atoms with Gasteiger partial charge in [-0.15, -0.1) is 0 Å². The highest BCUT2D eigenvalue weighted by Crippen LogP contribution is 2.37. The second-order valence-corrected chi connectivity index (χ2v) is 4.99. The van der Waals surface area contributed by atoms with Gasteiger partial charge < -0.3 is 10.1 Å². The number of hydrogen-bond donors (Lipinski definition) is 1. The van der Waals surface area contributed by atoms with Crippen LogP contribution in [0.1, 0.15) is 18.9 Å². The number of alkyl halides is 3. The van der Waals surface area contributed by atoms with Gasteiger partial charge in [0.1, 0.15) is 5.56 Å². The summed E-state index contributed by atoms with van der Waals surface area (Å²) >= 11 is 0. The third-order valence-corrected chi connectivity index (χ3v) is 3.60.